The van der Waals surface area contributed by atoms with Crippen molar-refractivity contribution in [1.82, 2.24) is 4.90 Å². The summed E-state index contributed by atoms with van der Waals surface area (Å²) in [5.41, 5.74) is 0. The number of carboxylic acid groups (broad SMARTS) is 1. The Morgan fingerprint density at radius 3 is 2.67 bits per heavy atom. The standard InChI is InChI=1S/C13H21NO4/c1-9(18-8-10-5-6-10)12(15)14-7-3-2-4-11(14)13(16)17/h9-11H,2-8H2,1H3,(H,16,17)/t9-,11+/m0/s1. The second-order valence-corrected chi connectivity index (χ2v) is 5.30. The monoisotopic (exact) mass is 255 g/mol. The molecule has 0 spiro atoms. The molecule has 2 rings (SSSR count). The van der Waals surface area contributed by atoms with Crippen molar-refractivity contribution in [3.8, 4) is 0 Å². The number of hydrogen-bond acceptors (Lipinski definition) is 3. The summed E-state index contributed by atoms with van der Waals surface area (Å²) < 4.78 is 5.52. The maximum Gasteiger partial charge on any atom is 0.326 e. The summed E-state index contributed by atoms with van der Waals surface area (Å²) >= 11 is 0. The summed E-state index contributed by atoms with van der Waals surface area (Å²) in [5.74, 6) is -0.475. The van der Waals surface area contributed by atoms with E-state index >= 15 is 0 Å². The molecular weight excluding hydrogens is 234 g/mol. The molecule has 0 aromatic heterocycles. The van der Waals surface area contributed by atoms with E-state index in [1.807, 2.05) is 0 Å². The first-order valence-electron chi connectivity index (χ1n) is 6.74. The van der Waals surface area contributed by atoms with E-state index in [9.17, 15) is 9.59 Å². The minimum absolute atomic E-state index is 0.178. The number of carbonyl (C=O) groups excluding carboxylic acids is 1. The lowest BCUT2D eigenvalue weighted by molar-refractivity contribution is -0.157. The Morgan fingerprint density at radius 1 is 1.33 bits per heavy atom. The number of carbonyl (C=O) groups is 2. The third-order valence-corrected chi connectivity index (χ3v) is 3.70. The molecule has 1 heterocycles. The van der Waals surface area contributed by atoms with E-state index in [0.29, 0.717) is 25.5 Å². The summed E-state index contributed by atoms with van der Waals surface area (Å²) in [6, 6.07) is -0.668. The number of hydrogen-bond donors (Lipinski definition) is 1. The molecule has 1 amide bonds. The van der Waals surface area contributed by atoms with E-state index in [-0.39, 0.29) is 5.91 Å². The van der Waals surface area contributed by atoms with E-state index in [0.717, 1.165) is 12.8 Å². The van der Waals surface area contributed by atoms with Gasteiger partial charge in [0.1, 0.15) is 12.1 Å². The minimum atomic E-state index is -0.905. The van der Waals surface area contributed by atoms with E-state index in [4.69, 9.17) is 9.84 Å². The van der Waals surface area contributed by atoms with Gasteiger partial charge in [-0.3, -0.25) is 4.79 Å². The first-order chi connectivity index (χ1) is 8.59. The van der Waals surface area contributed by atoms with Crippen LogP contribution < -0.4 is 0 Å². The molecule has 0 unspecified atom stereocenters. The molecule has 5 heteroatoms. The van der Waals surface area contributed by atoms with E-state index < -0.39 is 18.1 Å². The normalized spacial score (nSPS) is 25.8. The smallest absolute Gasteiger partial charge is 0.326 e. The maximum absolute atomic E-state index is 12.2. The van der Waals surface area contributed by atoms with Gasteiger partial charge in [-0.1, -0.05) is 0 Å². The van der Waals surface area contributed by atoms with Crippen LogP contribution in [0.1, 0.15) is 39.0 Å². The molecule has 1 saturated carbocycles. The molecule has 0 bridgehead atoms. The minimum Gasteiger partial charge on any atom is -0.480 e. The van der Waals surface area contributed by atoms with Crippen molar-refractivity contribution < 1.29 is 19.4 Å². The molecule has 2 atom stereocenters. The number of aliphatic carboxylic acids is 1. The number of piperidine rings is 1. The van der Waals surface area contributed by atoms with Gasteiger partial charge in [-0.2, -0.15) is 0 Å². The fourth-order valence-electron chi connectivity index (χ4n) is 2.32. The quantitative estimate of drug-likeness (QED) is 0.803. The van der Waals surface area contributed by atoms with Crippen molar-refractivity contribution in [3.05, 3.63) is 0 Å². The summed E-state index contributed by atoms with van der Waals surface area (Å²) in [6.07, 6.45) is 4.15. The molecule has 102 valence electrons. The maximum atomic E-state index is 12.2. The van der Waals surface area contributed by atoms with Crippen molar-refractivity contribution in [2.75, 3.05) is 13.2 Å². The second-order valence-electron chi connectivity index (χ2n) is 5.30. The Morgan fingerprint density at radius 2 is 2.06 bits per heavy atom. The number of rotatable bonds is 5. The largest absolute Gasteiger partial charge is 0.480 e. The van der Waals surface area contributed by atoms with Crippen molar-refractivity contribution in [2.24, 2.45) is 5.92 Å². The molecule has 2 fully saturated rings. The average Bonchev–Trinajstić information content (AvgIpc) is 3.19. The predicted octanol–water partition coefficient (Wildman–Crippen LogP) is 1.27. The molecule has 1 aliphatic carbocycles. The Labute approximate surface area is 107 Å². The van der Waals surface area contributed by atoms with Gasteiger partial charge in [0.25, 0.3) is 5.91 Å². The van der Waals surface area contributed by atoms with Gasteiger partial charge in [-0.05, 0) is 44.9 Å². The fourth-order valence-corrected chi connectivity index (χ4v) is 2.32. The van der Waals surface area contributed by atoms with Gasteiger partial charge in [-0.15, -0.1) is 0 Å². The number of amides is 1. The van der Waals surface area contributed by atoms with Gasteiger partial charge in [0.15, 0.2) is 0 Å². The van der Waals surface area contributed by atoms with Crippen LogP contribution in [0.4, 0.5) is 0 Å². The van der Waals surface area contributed by atoms with Gasteiger partial charge in [0.05, 0.1) is 6.61 Å². The topological polar surface area (TPSA) is 66.8 Å². The van der Waals surface area contributed by atoms with Crippen LogP contribution in [0.15, 0.2) is 0 Å². The Kier molecular flexibility index (Phi) is 4.22. The molecule has 0 radical (unpaired) electrons. The number of ether oxygens (including phenoxy) is 1. The molecular formula is C13H21NO4. The molecule has 1 N–H and O–H groups in total. The SMILES string of the molecule is C[C@H](OCC1CC1)C(=O)N1CCCC[C@@H]1C(=O)O. The molecule has 1 aliphatic heterocycles. The summed E-state index contributed by atoms with van der Waals surface area (Å²) in [7, 11) is 0. The first kappa shape index (κ1) is 13.3. The first-order valence-corrected chi connectivity index (χ1v) is 6.74. The molecule has 1 saturated heterocycles. The summed E-state index contributed by atoms with van der Waals surface area (Å²) in [6.45, 7) is 2.88. The Balaban J connectivity index is 1.89. The zero-order valence-electron chi connectivity index (χ0n) is 10.8. The number of nitrogens with zero attached hydrogens (tertiary/aromatic N) is 1. The van der Waals surface area contributed by atoms with Gasteiger partial charge < -0.3 is 14.7 Å². The van der Waals surface area contributed by atoms with Crippen LogP contribution in [0, 0.1) is 5.92 Å². The van der Waals surface area contributed by atoms with Crippen molar-refractivity contribution in [2.45, 2.75) is 51.2 Å². The number of likely N-dealkylation sites (tertiary alicyclic amines) is 1. The molecule has 5 nitrogen and oxygen atoms in total. The Hall–Kier alpha value is -1.10. The van der Waals surface area contributed by atoms with Gasteiger partial charge in [-0.25, -0.2) is 4.79 Å². The lowest BCUT2D eigenvalue weighted by atomic mass is 10.0. The van der Waals surface area contributed by atoms with Crippen molar-refractivity contribution >= 4 is 11.9 Å². The summed E-state index contributed by atoms with van der Waals surface area (Å²) in [5, 5.41) is 9.13. The highest BCUT2D eigenvalue weighted by molar-refractivity contribution is 5.86. The van der Waals surface area contributed by atoms with Crippen LogP contribution in [-0.4, -0.2) is 47.2 Å². The van der Waals surface area contributed by atoms with Crippen LogP contribution in [0.5, 0.6) is 0 Å². The van der Waals surface area contributed by atoms with E-state index in [2.05, 4.69) is 0 Å². The predicted molar refractivity (Wildman–Crippen MR) is 65.1 cm³/mol. The highest BCUT2D eigenvalue weighted by atomic mass is 16.5. The summed E-state index contributed by atoms with van der Waals surface area (Å²) in [4.78, 5) is 24.8. The van der Waals surface area contributed by atoms with Gasteiger partial charge >= 0.3 is 5.97 Å². The zero-order valence-corrected chi connectivity index (χ0v) is 10.8. The third-order valence-electron chi connectivity index (χ3n) is 3.70. The van der Waals surface area contributed by atoms with Crippen LogP contribution in [0.2, 0.25) is 0 Å². The van der Waals surface area contributed by atoms with Crippen LogP contribution in [0.25, 0.3) is 0 Å². The fraction of sp³-hybridized carbons (Fsp3) is 0.846. The number of carboxylic acids is 1. The second kappa shape index (κ2) is 5.69. The highest BCUT2D eigenvalue weighted by Crippen LogP contribution is 2.29. The highest BCUT2D eigenvalue weighted by Gasteiger charge is 2.34. The Bertz CT molecular complexity index is 327. The molecule has 2 aliphatic rings. The molecule has 18 heavy (non-hydrogen) atoms. The van der Waals surface area contributed by atoms with Crippen LogP contribution in [-0.2, 0) is 14.3 Å². The molecule has 0 aromatic carbocycles. The van der Waals surface area contributed by atoms with Gasteiger partial charge in [0.2, 0.25) is 0 Å². The van der Waals surface area contributed by atoms with Crippen molar-refractivity contribution in [1.29, 1.82) is 0 Å². The lowest BCUT2D eigenvalue weighted by Crippen LogP contribution is -2.51. The van der Waals surface area contributed by atoms with E-state index in [1.54, 1.807) is 6.92 Å². The van der Waals surface area contributed by atoms with E-state index in [1.165, 1.54) is 17.7 Å². The third kappa shape index (κ3) is 3.22. The zero-order chi connectivity index (χ0) is 13.1. The lowest BCUT2D eigenvalue weighted by Gasteiger charge is -2.34. The van der Waals surface area contributed by atoms with Crippen molar-refractivity contribution in [3.63, 3.8) is 0 Å². The van der Waals surface area contributed by atoms with Crippen LogP contribution >= 0.6 is 0 Å². The van der Waals surface area contributed by atoms with Crippen LogP contribution in [0.3, 0.4) is 0 Å². The molecule has 0 aromatic rings. The average molecular weight is 255 g/mol. The van der Waals surface area contributed by atoms with Gasteiger partial charge in [0, 0.05) is 6.54 Å².